The van der Waals surface area contributed by atoms with Gasteiger partial charge in [0.05, 0.1) is 6.54 Å². The van der Waals surface area contributed by atoms with Crippen molar-refractivity contribution in [2.24, 2.45) is 0 Å². The van der Waals surface area contributed by atoms with Crippen molar-refractivity contribution in [1.82, 2.24) is 15.5 Å². The standard InChI is InChI=1S/C27H32ClN3O2.C2H6/c1-3-20(21-8-6-5-7-9-21)19-31(4-2)26(32)18-29-14-15-30-27(33)24-11-10-23-17-25(28)13-12-22(23)16-24;1-2/h5-13,16-17,20,29H,3-4,14-15,18-19H2,1-2H3,(H,30,33);1-2H3/t20-;/m1./s1. The number of likely N-dealkylation sites (N-methyl/N-ethyl adjacent to an activating group) is 1. The molecule has 0 bridgehead atoms. The number of hydrogen-bond acceptors (Lipinski definition) is 3. The molecule has 35 heavy (non-hydrogen) atoms. The highest BCUT2D eigenvalue weighted by molar-refractivity contribution is 6.31. The predicted octanol–water partition coefficient (Wildman–Crippen LogP) is 5.88. The summed E-state index contributed by atoms with van der Waals surface area (Å²) in [5.74, 6) is 0.266. The summed E-state index contributed by atoms with van der Waals surface area (Å²) in [5, 5.41) is 8.70. The lowest BCUT2D eigenvalue weighted by molar-refractivity contribution is -0.130. The van der Waals surface area contributed by atoms with E-state index in [1.165, 1.54) is 5.56 Å². The normalized spacial score (nSPS) is 11.3. The van der Waals surface area contributed by atoms with Gasteiger partial charge in [-0.2, -0.15) is 0 Å². The van der Waals surface area contributed by atoms with Gasteiger partial charge in [-0.3, -0.25) is 9.59 Å². The van der Waals surface area contributed by atoms with E-state index in [2.05, 4.69) is 29.7 Å². The number of nitrogens with one attached hydrogen (secondary N) is 2. The average molecular weight is 496 g/mol. The molecule has 3 aromatic carbocycles. The minimum absolute atomic E-state index is 0.0754. The van der Waals surface area contributed by atoms with E-state index in [1.807, 2.05) is 74.2 Å². The highest BCUT2D eigenvalue weighted by atomic mass is 35.5. The van der Waals surface area contributed by atoms with E-state index in [-0.39, 0.29) is 18.4 Å². The highest BCUT2D eigenvalue weighted by Gasteiger charge is 2.17. The van der Waals surface area contributed by atoms with Crippen LogP contribution in [0.4, 0.5) is 0 Å². The van der Waals surface area contributed by atoms with Gasteiger partial charge in [-0.1, -0.05) is 74.8 Å². The molecule has 0 unspecified atom stereocenters. The van der Waals surface area contributed by atoms with E-state index in [4.69, 9.17) is 11.6 Å². The van der Waals surface area contributed by atoms with E-state index in [9.17, 15) is 9.59 Å². The number of amides is 2. The maximum Gasteiger partial charge on any atom is 0.251 e. The van der Waals surface area contributed by atoms with Crippen LogP contribution in [0.5, 0.6) is 0 Å². The first kappa shape index (κ1) is 28.3. The minimum atomic E-state index is -0.135. The van der Waals surface area contributed by atoms with Crippen LogP contribution in [-0.2, 0) is 4.79 Å². The Bertz CT molecular complexity index is 1070. The van der Waals surface area contributed by atoms with Gasteiger partial charge in [-0.05, 0) is 53.9 Å². The summed E-state index contributed by atoms with van der Waals surface area (Å²) < 4.78 is 0. The maximum absolute atomic E-state index is 12.7. The second kappa shape index (κ2) is 15.2. The number of benzene rings is 3. The van der Waals surface area contributed by atoms with Crippen molar-refractivity contribution in [1.29, 1.82) is 0 Å². The van der Waals surface area contributed by atoms with Gasteiger partial charge in [0, 0.05) is 42.7 Å². The van der Waals surface area contributed by atoms with Gasteiger partial charge in [-0.25, -0.2) is 0 Å². The van der Waals surface area contributed by atoms with Crippen LogP contribution in [0.1, 0.15) is 56.0 Å². The van der Waals surface area contributed by atoms with Crippen LogP contribution in [0.2, 0.25) is 5.02 Å². The number of fused-ring (bicyclic) bond motifs is 1. The van der Waals surface area contributed by atoms with Crippen molar-refractivity contribution in [2.45, 2.75) is 40.0 Å². The Morgan fingerprint density at radius 1 is 0.914 bits per heavy atom. The van der Waals surface area contributed by atoms with Gasteiger partial charge < -0.3 is 15.5 Å². The van der Waals surface area contributed by atoms with Crippen LogP contribution in [-0.4, -0.2) is 49.4 Å². The van der Waals surface area contributed by atoms with Crippen molar-refractivity contribution in [2.75, 3.05) is 32.7 Å². The molecule has 0 aliphatic rings. The Morgan fingerprint density at radius 3 is 2.29 bits per heavy atom. The Morgan fingerprint density at radius 2 is 1.60 bits per heavy atom. The molecule has 0 saturated carbocycles. The quantitative estimate of drug-likeness (QED) is 0.326. The second-order valence-corrected chi connectivity index (χ2v) is 8.52. The molecule has 2 amide bonds. The molecular formula is C29H38ClN3O2. The lowest BCUT2D eigenvalue weighted by Gasteiger charge is -2.26. The summed E-state index contributed by atoms with van der Waals surface area (Å²) in [6.45, 7) is 10.8. The third-order valence-electron chi connectivity index (χ3n) is 5.87. The molecule has 0 aromatic heterocycles. The van der Waals surface area contributed by atoms with Crippen LogP contribution < -0.4 is 10.6 Å². The fourth-order valence-corrected chi connectivity index (χ4v) is 4.08. The van der Waals surface area contributed by atoms with Crippen molar-refractivity contribution in [3.05, 3.63) is 82.9 Å². The van der Waals surface area contributed by atoms with E-state index >= 15 is 0 Å². The van der Waals surface area contributed by atoms with Gasteiger partial charge in [0.15, 0.2) is 0 Å². The maximum atomic E-state index is 12.7. The molecule has 2 N–H and O–H groups in total. The molecule has 0 aliphatic heterocycles. The topological polar surface area (TPSA) is 61.4 Å². The fraction of sp³-hybridized carbons (Fsp3) is 0.379. The Balaban J connectivity index is 0.00000210. The zero-order chi connectivity index (χ0) is 25.6. The van der Waals surface area contributed by atoms with E-state index in [0.717, 1.165) is 17.2 Å². The summed E-state index contributed by atoms with van der Waals surface area (Å²) >= 11 is 6.02. The van der Waals surface area contributed by atoms with Crippen molar-refractivity contribution in [3.8, 4) is 0 Å². The van der Waals surface area contributed by atoms with Gasteiger partial charge >= 0.3 is 0 Å². The smallest absolute Gasteiger partial charge is 0.251 e. The summed E-state index contributed by atoms with van der Waals surface area (Å²) in [4.78, 5) is 27.0. The molecule has 6 heteroatoms. The average Bonchev–Trinajstić information content (AvgIpc) is 2.90. The van der Waals surface area contributed by atoms with Gasteiger partial charge in [0.1, 0.15) is 0 Å². The number of nitrogens with zero attached hydrogens (tertiary/aromatic N) is 1. The Kier molecular flexibility index (Phi) is 12.3. The predicted molar refractivity (Wildman–Crippen MR) is 147 cm³/mol. The first-order valence-electron chi connectivity index (χ1n) is 12.5. The molecule has 188 valence electrons. The Hall–Kier alpha value is -2.89. The summed E-state index contributed by atoms with van der Waals surface area (Å²) in [5.41, 5.74) is 1.86. The monoisotopic (exact) mass is 495 g/mol. The van der Waals surface area contributed by atoms with Crippen LogP contribution in [0.3, 0.4) is 0 Å². The summed E-state index contributed by atoms with van der Waals surface area (Å²) in [6, 6.07) is 21.5. The van der Waals surface area contributed by atoms with Crippen LogP contribution in [0.15, 0.2) is 66.7 Å². The summed E-state index contributed by atoms with van der Waals surface area (Å²) in [7, 11) is 0. The largest absolute Gasteiger partial charge is 0.351 e. The molecule has 3 aromatic rings. The zero-order valence-corrected chi connectivity index (χ0v) is 22.1. The van der Waals surface area contributed by atoms with Crippen molar-refractivity contribution >= 4 is 34.2 Å². The van der Waals surface area contributed by atoms with Crippen molar-refractivity contribution in [3.63, 3.8) is 0 Å². The van der Waals surface area contributed by atoms with E-state index in [0.29, 0.717) is 42.7 Å². The first-order valence-corrected chi connectivity index (χ1v) is 12.9. The lowest BCUT2D eigenvalue weighted by Crippen LogP contribution is -2.42. The number of rotatable bonds is 11. The van der Waals surface area contributed by atoms with Gasteiger partial charge in [0.25, 0.3) is 5.91 Å². The van der Waals surface area contributed by atoms with Crippen molar-refractivity contribution < 1.29 is 9.59 Å². The SMILES string of the molecule is CC.CC[C@H](CN(CC)C(=O)CNCCNC(=O)c1ccc2cc(Cl)ccc2c1)c1ccccc1. The van der Waals surface area contributed by atoms with Crippen LogP contribution in [0, 0.1) is 0 Å². The molecular weight excluding hydrogens is 458 g/mol. The second-order valence-electron chi connectivity index (χ2n) is 8.09. The first-order chi connectivity index (χ1) is 17.0. The van der Waals surface area contributed by atoms with Gasteiger partial charge in [0.2, 0.25) is 5.91 Å². The van der Waals surface area contributed by atoms with Crippen LogP contribution >= 0.6 is 11.6 Å². The minimum Gasteiger partial charge on any atom is -0.351 e. The van der Waals surface area contributed by atoms with Crippen LogP contribution in [0.25, 0.3) is 10.8 Å². The molecule has 5 nitrogen and oxygen atoms in total. The molecule has 0 radical (unpaired) electrons. The molecule has 0 saturated heterocycles. The molecule has 0 spiro atoms. The lowest BCUT2D eigenvalue weighted by atomic mass is 9.96. The molecule has 0 aliphatic carbocycles. The number of carbonyl (C=O) groups is 2. The number of halogens is 1. The number of carbonyl (C=O) groups excluding carboxylic acids is 2. The number of hydrogen-bond donors (Lipinski definition) is 2. The molecule has 3 rings (SSSR count). The third-order valence-corrected chi connectivity index (χ3v) is 6.10. The molecule has 1 atom stereocenters. The van der Waals surface area contributed by atoms with E-state index < -0.39 is 0 Å². The Labute approximate surface area is 214 Å². The zero-order valence-electron chi connectivity index (χ0n) is 21.3. The molecule has 0 fully saturated rings. The fourth-order valence-electron chi connectivity index (χ4n) is 3.90. The van der Waals surface area contributed by atoms with Gasteiger partial charge in [-0.15, -0.1) is 0 Å². The van der Waals surface area contributed by atoms with E-state index in [1.54, 1.807) is 6.07 Å². The molecule has 0 heterocycles. The highest BCUT2D eigenvalue weighted by Crippen LogP contribution is 2.21. The summed E-state index contributed by atoms with van der Waals surface area (Å²) in [6.07, 6.45) is 0.981. The third kappa shape index (κ3) is 8.68.